The molecule has 1 aromatic heterocycles. The van der Waals surface area contributed by atoms with E-state index in [1.807, 2.05) is 29.8 Å². The van der Waals surface area contributed by atoms with Crippen molar-refractivity contribution in [3.63, 3.8) is 0 Å². The summed E-state index contributed by atoms with van der Waals surface area (Å²) in [5, 5.41) is 12.3. The molecule has 5 heteroatoms. The van der Waals surface area contributed by atoms with Crippen LogP contribution in [0.25, 0.3) is 11.4 Å². The Balaban J connectivity index is 2.12. The van der Waals surface area contributed by atoms with Gasteiger partial charge in [0.2, 0.25) is 0 Å². The van der Waals surface area contributed by atoms with Crippen LogP contribution in [0.2, 0.25) is 0 Å². The molecule has 0 unspecified atom stereocenters. The smallest absolute Gasteiger partial charge is 0.182 e. The maximum Gasteiger partial charge on any atom is 0.182 e. The normalized spacial score (nSPS) is 15.7. The van der Waals surface area contributed by atoms with Crippen LogP contribution < -0.4 is 5.73 Å². The molecule has 0 aliphatic heterocycles. The summed E-state index contributed by atoms with van der Waals surface area (Å²) in [6.07, 6.45) is 2.50. The van der Waals surface area contributed by atoms with Crippen LogP contribution in [0, 0.1) is 12.8 Å². The van der Waals surface area contributed by atoms with E-state index in [2.05, 4.69) is 29.4 Å². The maximum atomic E-state index is 5.98. The lowest BCUT2D eigenvalue weighted by Gasteiger charge is -2.26. The van der Waals surface area contributed by atoms with E-state index < -0.39 is 0 Å². The zero-order chi connectivity index (χ0) is 13.6. The van der Waals surface area contributed by atoms with Crippen molar-refractivity contribution in [2.75, 3.05) is 5.73 Å². The molecule has 5 nitrogen and oxygen atoms in total. The highest BCUT2D eigenvalue weighted by atomic mass is 15.6. The predicted octanol–water partition coefficient (Wildman–Crippen LogP) is 2.38. The summed E-state index contributed by atoms with van der Waals surface area (Å²) in [6, 6.07) is 5.87. The van der Waals surface area contributed by atoms with Gasteiger partial charge in [-0.25, -0.2) is 4.68 Å². The van der Waals surface area contributed by atoms with Crippen molar-refractivity contribution < 1.29 is 0 Å². The summed E-state index contributed by atoms with van der Waals surface area (Å²) in [5.41, 5.74) is 8.75. The van der Waals surface area contributed by atoms with Gasteiger partial charge in [-0.15, -0.1) is 5.10 Å². The Hall–Kier alpha value is -1.91. The molecule has 0 saturated heterocycles. The quantitative estimate of drug-likeness (QED) is 0.857. The second kappa shape index (κ2) is 4.05. The highest BCUT2D eigenvalue weighted by Gasteiger charge is 2.41. The summed E-state index contributed by atoms with van der Waals surface area (Å²) < 4.78 is 1.95. The van der Waals surface area contributed by atoms with E-state index in [-0.39, 0.29) is 5.54 Å². The topological polar surface area (TPSA) is 69.6 Å². The Morgan fingerprint density at radius 2 is 2.05 bits per heavy atom. The standard InChI is InChI=1S/C14H19N5/c1-9-11(5-4-6-12(9)15)13-16-17-18-19(13)14(2,3)10-7-8-10/h4-6,10H,7-8,15H2,1-3H3. The fraction of sp³-hybridized carbons (Fsp3) is 0.500. The Kier molecular flexibility index (Phi) is 2.59. The average Bonchev–Trinajstić information content (AvgIpc) is 3.12. The van der Waals surface area contributed by atoms with Crippen LogP contribution >= 0.6 is 0 Å². The third kappa shape index (κ3) is 1.89. The summed E-state index contributed by atoms with van der Waals surface area (Å²) in [6.45, 7) is 6.41. The van der Waals surface area contributed by atoms with Gasteiger partial charge in [0.05, 0.1) is 5.54 Å². The zero-order valence-electron chi connectivity index (χ0n) is 11.6. The molecular formula is C14H19N5. The van der Waals surface area contributed by atoms with Gasteiger partial charge in [0.25, 0.3) is 0 Å². The number of benzene rings is 1. The number of nitrogens with two attached hydrogens (primary N) is 1. The molecule has 2 N–H and O–H groups in total. The third-order valence-corrected chi connectivity index (χ3v) is 4.21. The molecule has 0 atom stereocenters. The van der Waals surface area contributed by atoms with E-state index in [4.69, 9.17) is 5.73 Å². The van der Waals surface area contributed by atoms with Gasteiger partial charge in [-0.2, -0.15) is 0 Å². The van der Waals surface area contributed by atoms with E-state index in [0.29, 0.717) is 5.92 Å². The molecule has 3 rings (SSSR count). The van der Waals surface area contributed by atoms with Gasteiger partial charge in [-0.3, -0.25) is 0 Å². The van der Waals surface area contributed by atoms with Crippen molar-refractivity contribution in [3.8, 4) is 11.4 Å². The SMILES string of the molecule is Cc1c(N)cccc1-c1nnnn1C(C)(C)C1CC1. The van der Waals surface area contributed by atoms with Crippen molar-refractivity contribution in [3.05, 3.63) is 23.8 Å². The van der Waals surface area contributed by atoms with Gasteiger partial charge in [0.15, 0.2) is 5.82 Å². The van der Waals surface area contributed by atoms with Crippen LogP contribution in [-0.4, -0.2) is 20.2 Å². The Morgan fingerprint density at radius 1 is 1.32 bits per heavy atom. The van der Waals surface area contributed by atoms with Crippen LogP contribution in [0.1, 0.15) is 32.3 Å². The first-order valence-corrected chi connectivity index (χ1v) is 6.66. The third-order valence-electron chi connectivity index (χ3n) is 4.21. The Bertz CT molecular complexity index is 610. The summed E-state index contributed by atoms with van der Waals surface area (Å²) in [4.78, 5) is 0. The van der Waals surface area contributed by atoms with Gasteiger partial charge in [-0.05, 0) is 61.6 Å². The highest BCUT2D eigenvalue weighted by Crippen LogP contribution is 2.44. The Morgan fingerprint density at radius 3 is 2.74 bits per heavy atom. The minimum Gasteiger partial charge on any atom is -0.398 e. The van der Waals surface area contributed by atoms with Crippen molar-refractivity contribution in [2.24, 2.45) is 5.92 Å². The highest BCUT2D eigenvalue weighted by molar-refractivity contribution is 5.67. The first kappa shape index (κ1) is 12.1. The minimum absolute atomic E-state index is 0.0458. The number of tetrazole rings is 1. The molecule has 100 valence electrons. The van der Waals surface area contributed by atoms with Gasteiger partial charge in [0, 0.05) is 11.3 Å². The fourth-order valence-corrected chi connectivity index (χ4v) is 2.60. The zero-order valence-corrected chi connectivity index (χ0v) is 11.6. The van der Waals surface area contributed by atoms with Gasteiger partial charge in [0.1, 0.15) is 0 Å². The van der Waals surface area contributed by atoms with Crippen molar-refractivity contribution >= 4 is 5.69 Å². The molecule has 0 amide bonds. The summed E-state index contributed by atoms with van der Waals surface area (Å²) in [7, 11) is 0. The van der Waals surface area contributed by atoms with Crippen LogP contribution in [0.15, 0.2) is 18.2 Å². The minimum atomic E-state index is -0.0458. The second-order valence-electron chi connectivity index (χ2n) is 5.86. The number of nitrogens with zero attached hydrogens (tertiary/aromatic N) is 4. The van der Waals surface area contributed by atoms with E-state index in [9.17, 15) is 0 Å². The molecule has 19 heavy (non-hydrogen) atoms. The van der Waals surface area contributed by atoms with Crippen molar-refractivity contribution in [2.45, 2.75) is 39.2 Å². The molecular weight excluding hydrogens is 238 g/mol. The molecule has 1 heterocycles. The average molecular weight is 257 g/mol. The molecule has 1 aromatic carbocycles. The van der Waals surface area contributed by atoms with Crippen LogP contribution in [0.4, 0.5) is 5.69 Å². The summed E-state index contributed by atoms with van der Waals surface area (Å²) in [5.74, 6) is 1.47. The van der Waals surface area contributed by atoms with Gasteiger partial charge in [-0.1, -0.05) is 12.1 Å². The Labute approximate surface area is 112 Å². The van der Waals surface area contributed by atoms with Crippen molar-refractivity contribution in [1.29, 1.82) is 0 Å². The predicted molar refractivity (Wildman–Crippen MR) is 74.4 cm³/mol. The molecule has 2 aromatic rings. The van der Waals surface area contributed by atoms with E-state index in [0.717, 1.165) is 22.6 Å². The van der Waals surface area contributed by atoms with E-state index >= 15 is 0 Å². The lowest BCUT2D eigenvalue weighted by molar-refractivity contribution is 0.271. The van der Waals surface area contributed by atoms with Crippen LogP contribution in [-0.2, 0) is 5.54 Å². The number of hydrogen-bond acceptors (Lipinski definition) is 4. The first-order valence-electron chi connectivity index (χ1n) is 6.66. The van der Waals surface area contributed by atoms with Crippen molar-refractivity contribution in [1.82, 2.24) is 20.2 Å². The number of rotatable bonds is 3. The second-order valence-corrected chi connectivity index (χ2v) is 5.86. The molecule has 1 fully saturated rings. The van der Waals surface area contributed by atoms with Gasteiger partial charge < -0.3 is 5.73 Å². The molecule has 0 bridgehead atoms. The molecule has 1 aliphatic carbocycles. The van der Waals surface area contributed by atoms with E-state index in [1.165, 1.54) is 12.8 Å². The molecule has 0 radical (unpaired) electrons. The maximum absolute atomic E-state index is 5.98. The first-order chi connectivity index (χ1) is 9.01. The number of aromatic nitrogens is 4. The monoisotopic (exact) mass is 257 g/mol. The lowest BCUT2D eigenvalue weighted by atomic mass is 9.98. The van der Waals surface area contributed by atoms with Crippen LogP contribution in [0.5, 0.6) is 0 Å². The molecule has 1 aliphatic rings. The number of hydrogen-bond donors (Lipinski definition) is 1. The fourth-order valence-electron chi connectivity index (χ4n) is 2.60. The largest absolute Gasteiger partial charge is 0.398 e. The summed E-state index contributed by atoms with van der Waals surface area (Å²) >= 11 is 0. The molecule has 0 spiro atoms. The number of anilines is 1. The molecule has 1 saturated carbocycles. The van der Waals surface area contributed by atoms with E-state index in [1.54, 1.807) is 0 Å². The number of nitrogen functional groups attached to an aromatic ring is 1. The lowest BCUT2D eigenvalue weighted by Crippen LogP contribution is -2.30. The van der Waals surface area contributed by atoms with Gasteiger partial charge >= 0.3 is 0 Å². The van der Waals surface area contributed by atoms with Crippen LogP contribution in [0.3, 0.4) is 0 Å².